The first kappa shape index (κ1) is 15.2. The van der Waals surface area contributed by atoms with E-state index >= 15 is 0 Å². The number of hydrogen-bond donors (Lipinski definition) is 1. The second-order valence-electron chi connectivity index (χ2n) is 5.11. The van der Waals surface area contributed by atoms with E-state index in [1.54, 1.807) is 29.2 Å². The van der Waals surface area contributed by atoms with Crippen LogP contribution in [-0.2, 0) is 9.53 Å². The summed E-state index contributed by atoms with van der Waals surface area (Å²) >= 11 is 0. The monoisotopic (exact) mass is 314 g/mol. The Balaban J connectivity index is 1.68. The molecule has 0 aromatic heterocycles. The van der Waals surface area contributed by atoms with Crippen LogP contribution in [0.2, 0.25) is 0 Å². The highest BCUT2D eigenvalue weighted by Gasteiger charge is 2.19. The minimum absolute atomic E-state index is 0.0839. The Morgan fingerprint density at radius 2 is 1.78 bits per heavy atom. The summed E-state index contributed by atoms with van der Waals surface area (Å²) in [7, 11) is 0. The average Bonchev–Trinajstić information content (AvgIpc) is 2.57. The number of anilines is 2. The summed E-state index contributed by atoms with van der Waals surface area (Å²) in [6.07, 6.45) is 0. The number of morpholine rings is 1. The van der Waals surface area contributed by atoms with E-state index in [9.17, 15) is 14.0 Å². The van der Waals surface area contributed by atoms with E-state index in [4.69, 9.17) is 4.74 Å². The van der Waals surface area contributed by atoms with Crippen LogP contribution in [0.4, 0.5) is 15.8 Å². The molecule has 23 heavy (non-hydrogen) atoms. The van der Waals surface area contributed by atoms with Crippen molar-refractivity contribution in [3.8, 4) is 0 Å². The predicted molar refractivity (Wildman–Crippen MR) is 84.0 cm³/mol. The zero-order valence-electron chi connectivity index (χ0n) is 12.3. The molecule has 3 rings (SSSR count). The first-order valence-electron chi connectivity index (χ1n) is 7.18. The van der Waals surface area contributed by atoms with Gasteiger partial charge in [0.1, 0.15) is 12.4 Å². The highest BCUT2D eigenvalue weighted by Crippen LogP contribution is 2.20. The molecule has 1 aliphatic heterocycles. The van der Waals surface area contributed by atoms with Gasteiger partial charge in [0.15, 0.2) is 0 Å². The number of carbonyl (C=O) groups is 2. The molecule has 0 radical (unpaired) electrons. The summed E-state index contributed by atoms with van der Waals surface area (Å²) < 4.78 is 17.9. The van der Waals surface area contributed by atoms with E-state index < -0.39 is 0 Å². The van der Waals surface area contributed by atoms with Gasteiger partial charge in [0.25, 0.3) is 11.8 Å². The van der Waals surface area contributed by atoms with E-state index in [-0.39, 0.29) is 24.2 Å². The highest BCUT2D eigenvalue weighted by atomic mass is 19.1. The van der Waals surface area contributed by atoms with Crippen molar-refractivity contribution >= 4 is 23.2 Å². The molecule has 1 saturated heterocycles. The molecule has 1 fully saturated rings. The van der Waals surface area contributed by atoms with Crippen molar-refractivity contribution in [1.29, 1.82) is 0 Å². The lowest BCUT2D eigenvalue weighted by molar-refractivity contribution is -0.125. The first-order chi connectivity index (χ1) is 11.1. The van der Waals surface area contributed by atoms with Crippen LogP contribution in [0.5, 0.6) is 0 Å². The van der Waals surface area contributed by atoms with Gasteiger partial charge in [-0.2, -0.15) is 0 Å². The number of rotatable bonds is 3. The molecule has 2 aromatic carbocycles. The van der Waals surface area contributed by atoms with Gasteiger partial charge in [0.2, 0.25) is 0 Å². The van der Waals surface area contributed by atoms with Crippen LogP contribution in [-0.4, -0.2) is 31.6 Å². The summed E-state index contributed by atoms with van der Waals surface area (Å²) in [6.45, 7) is 1.11. The number of halogens is 1. The topological polar surface area (TPSA) is 58.6 Å². The third-order valence-electron chi connectivity index (χ3n) is 3.53. The molecule has 118 valence electrons. The fourth-order valence-electron chi connectivity index (χ4n) is 2.32. The number of nitrogens with one attached hydrogen (secondary N) is 1. The summed E-state index contributed by atoms with van der Waals surface area (Å²) in [4.78, 5) is 25.5. The quantitative estimate of drug-likeness (QED) is 0.946. The van der Waals surface area contributed by atoms with Crippen molar-refractivity contribution in [2.75, 3.05) is 30.0 Å². The van der Waals surface area contributed by atoms with Gasteiger partial charge in [-0.15, -0.1) is 0 Å². The van der Waals surface area contributed by atoms with Crippen molar-refractivity contribution in [3.63, 3.8) is 0 Å². The Morgan fingerprint density at radius 3 is 2.43 bits per heavy atom. The maximum atomic E-state index is 12.9. The Morgan fingerprint density at radius 1 is 1.09 bits per heavy atom. The maximum Gasteiger partial charge on any atom is 0.255 e. The second kappa shape index (κ2) is 6.58. The fraction of sp³-hybridized carbons (Fsp3) is 0.176. The third-order valence-corrected chi connectivity index (χ3v) is 3.53. The lowest BCUT2D eigenvalue weighted by atomic mass is 10.2. The molecule has 0 aliphatic carbocycles. The van der Waals surface area contributed by atoms with Crippen molar-refractivity contribution in [1.82, 2.24) is 0 Å². The SMILES string of the molecule is O=C(Nc1ccc(N2CCOCC2=O)cc1)c1ccc(F)cc1. The smallest absolute Gasteiger partial charge is 0.255 e. The van der Waals surface area contributed by atoms with E-state index in [0.717, 1.165) is 5.69 Å². The van der Waals surface area contributed by atoms with Gasteiger partial charge in [0.05, 0.1) is 6.61 Å². The van der Waals surface area contributed by atoms with Crippen molar-refractivity contribution in [2.45, 2.75) is 0 Å². The van der Waals surface area contributed by atoms with Gasteiger partial charge >= 0.3 is 0 Å². The molecule has 0 saturated carbocycles. The minimum Gasteiger partial charge on any atom is -0.370 e. The Labute approximate surface area is 132 Å². The van der Waals surface area contributed by atoms with Gasteiger partial charge in [-0.05, 0) is 48.5 Å². The Bertz CT molecular complexity index is 714. The van der Waals surface area contributed by atoms with Crippen LogP contribution < -0.4 is 10.2 Å². The molecule has 2 aromatic rings. The van der Waals surface area contributed by atoms with E-state index in [0.29, 0.717) is 24.4 Å². The molecule has 0 spiro atoms. The van der Waals surface area contributed by atoms with Crippen LogP contribution in [0, 0.1) is 5.82 Å². The van der Waals surface area contributed by atoms with Crippen LogP contribution in [0.25, 0.3) is 0 Å². The second-order valence-corrected chi connectivity index (χ2v) is 5.11. The highest BCUT2D eigenvalue weighted by molar-refractivity contribution is 6.04. The van der Waals surface area contributed by atoms with Gasteiger partial charge in [-0.25, -0.2) is 4.39 Å². The zero-order chi connectivity index (χ0) is 16.2. The first-order valence-corrected chi connectivity index (χ1v) is 7.18. The van der Waals surface area contributed by atoms with Crippen LogP contribution >= 0.6 is 0 Å². The maximum absolute atomic E-state index is 12.9. The summed E-state index contributed by atoms with van der Waals surface area (Å²) in [5.41, 5.74) is 1.74. The normalized spacial score (nSPS) is 14.7. The van der Waals surface area contributed by atoms with Crippen molar-refractivity contribution in [3.05, 3.63) is 59.9 Å². The molecule has 5 nitrogen and oxygen atoms in total. The van der Waals surface area contributed by atoms with E-state index in [1.165, 1.54) is 24.3 Å². The lowest BCUT2D eigenvalue weighted by Gasteiger charge is -2.26. The fourth-order valence-corrected chi connectivity index (χ4v) is 2.32. The van der Waals surface area contributed by atoms with Crippen molar-refractivity contribution < 1.29 is 18.7 Å². The van der Waals surface area contributed by atoms with Gasteiger partial charge in [-0.1, -0.05) is 0 Å². The average molecular weight is 314 g/mol. The van der Waals surface area contributed by atoms with Crippen LogP contribution in [0.15, 0.2) is 48.5 Å². The third kappa shape index (κ3) is 3.54. The molecule has 2 amide bonds. The number of nitrogens with zero attached hydrogens (tertiary/aromatic N) is 1. The summed E-state index contributed by atoms with van der Waals surface area (Å²) in [5, 5.41) is 2.73. The Kier molecular flexibility index (Phi) is 4.34. The van der Waals surface area contributed by atoms with Crippen molar-refractivity contribution in [2.24, 2.45) is 0 Å². The van der Waals surface area contributed by atoms with Gasteiger partial charge in [-0.3, -0.25) is 9.59 Å². The van der Waals surface area contributed by atoms with Crippen LogP contribution in [0.1, 0.15) is 10.4 Å². The summed E-state index contributed by atoms with van der Waals surface area (Å²) in [6, 6.07) is 12.3. The van der Waals surface area contributed by atoms with E-state index in [1.807, 2.05) is 0 Å². The molecule has 6 heteroatoms. The van der Waals surface area contributed by atoms with Crippen LogP contribution in [0.3, 0.4) is 0 Å². The minimum atomic E-state index is -0.388. The lowest BCUT2D eigenvalue weighted by Crippen LogP contribution is -2.41. The number of hydrogen-bond acceptors (Lipinski definition) is 3. The van der Waals surface area contributed by atoms with E-state index in [2.05, 4.69) is 5.32 Å². The zero-order valence-corrected chi connectivity index (χ0v) is 12.3. The molecule has 0 unspecified atom stereocenters. The molecular weight excluding hydrogens is 299 g/mol. The molecule has 0 bridgehead atoms. The standard InChI is InChI=1S/C17H15FN2O3/c18-13-3-1-12(2-4-13)17(22)19-14-5-7-15(8-6-14)20-9-10-23-11-16(20)21/h1-8H,9-11H2,(H,19,22). The molecule has 1 aliphatic rings. The largest absolute Gasteiger partial charge is 0.370 e. The Hall–Kier alpha value is -2.73. The number of ether oxygens (including phenoxy) is 1. The number of benzene rings is 2. The van der Waals surface area contributed by atoms with Gasteiger partial charge < -0.3 is 15.0 Å². The summed E-state index contributed by atoms with van der Waals surface area (Å²) in [5.74, 6) is -0.791. The molecular formula is C17H15FN2O3. The molecule has 1 N–H and O–H groups in total. The number of carbonyl (C=O) groups excluding carboxylic acids is 2. The molecule has 0 atom stereocenters. The number of amides is 2. The van der Waals surface area contributed by atoms with Gasteiger partial charge in [0, 0.05) is 23.5 Å². The predicted octanol–water partition coefficient (Wildman–Crippen LogP) is 2.44. The molecule has 1 heterocycles.